The van der Waals surface area contributed by atoms with Crippen LogP contribution in [0.25, 0.3) is 0 Å². The number of urea groups is 1. The molecule has 24 heavy (non-hydrogen) atoms. The lowest BCUT2D eigenvalue weighted by Crippen LogP contribution is -2.29. The SMILES string of the molecule is NS(=O)(=O)c1c(Cl)[nH]nc(NC(=O)Nc2cccc(Cl)c2Cl)c1=O. The molecular weight excluding hydrogens is 405 g/mol. The van der Waals surface area contributed by atoms with Gasteiger partial charge in [0.1, 0.15) is 5.15 Å². The minimum Gasteiger partial charge on any atom is -0.306 e. The van der Waals surface area contributed by atoms with Crippen molar-refractivity contribution in [1.29, 1.82) is 0 Å². The zero-order valence-corrected chi connectivity index (χ0v) is 14.5. The molecule has 0 spiro atoms. The van der Waals surface area contributed by atoms with Crippen molar-refractivity contribution in [2.75, 3.05) is 10.6 Å². The Balaban J connectivity index is 2.31. The second-order valence-electron chi connectivity index (χ2n) is 4.27. The molecule has 0 saturated heterocycles. The first-order chi connectivity index (χ1) is 11.1. The molecule has 128 valence electrons. The van der Waals surface area contributed by atoms with Crippen LogP contribution in [0, 0.1) is 0 Å². The summed E-state index contributed by atoms with van der Waals surface area (Å²) in [7, 11) is -4.42. The number of nitrogens with two attached hydrogens (primary N) is 1. The molecule has 0 aliphatic heterocycles. The molecule has 0 fully saturated rings. The van der Waals surface area contributed by atoms with Crippen LogP contribution in [-0.4, -0.2) is 24.6 Å². The molecule has 0 bridgehead atoms. The Morgan fingerprint density at radius 1 is 1.21 bits per heavy atom. The largest absolute Gasteiger partial charge is 0.325 e. The number of nitrogens with one attached hydrogen (secondary N) is 3. The van der Waals surface area contributed by atoms with Crippen LogP contribution in [0.5, 0.6) is 0 Å². The predicted molar refractivity (Wildman–Crippen MR) is 90.3 cm³/mol. The van der Waals surface area contributed by atoms with Gasteiger partial charge < -0.3 is 5.32 Å². The first-order valence-corrected chi connectivity index (χ1v) is 8.62. The Morgan fingerprint density at radius 3 is 2.50 bits per heavy atom. The molecule has 2 amide bonds. The number of primary sulfonamides is 1. The van der Waals surface area contributed by atoms with Crippen molar-refractivity contribution >= 4 is 62.4 Å². The van der Waals surface area contributed by atoms with E-state index in [0.717, 1.165) is 0 Å². The zero-order chi connectivity index (χ0) is 18.1. The number of hydrogen-bond acceptors (Lipinski definition) is 5. The van der Waals surface area contributed by atoms with Gasteiger partial charge in [0.15, 0.2) is 4.90 Å². The van der Waals surface area contributed by atoms with Crippen molar-refractivity contribution in [1.82, 2.24) is 10.2 Å². The third kappa shape index (κ3) is 3.97. The Kier molecular flexibility index (Phi) is 5.35. The van der Waals surface area contributed by atoms with Gasteiger partial charge in [-0.25, -0.2) is 18.4 Å². The van der Waals surface area contributed by atoms with Crippen molar-refractivity contribution in [3.8, 4) is 0 Å². The highest BCUT2D eigenvalue weighted by Crippen LogP contribution is 2.29. The van der Waals surface area contributed by atoms with Crippen LogP contribution in [-0.2, 0) is 10.0 Å². The summed E-state index contributed by atoms with van der Waals surface area (Å²) in [4.78, 5) is 23.0. The number of H-pyrrole nitrogens is 1. The summed E-state index contributed by atoms with van der Waals surface area (Å²) in [5.74, 6) is -0.626. The van der Waals surface area contributed by atoms with Crippen LogP contribution in [0.2, 0.25) is 15.2 Å². The molecule has 0 unspecified atom stereocenters. The number of nitrogens with zero attached hydrogens (tertiary/aromatic N) is 1. The topological polar surface area (TPSA) is 147 Å². The predicted octanol–water partition coefficient (Wildman–Crippen LogP) is 2.02. The molecule has 0 aliphatic carbocycles. The van der Waals surface area contributed by atoms with E-state index in [-0.39, 0.29) is 15.7 Å². The molecule has 1 heterocycles. The smallest absolute Gasteiger partial charge is 0.306 e. The van der Waals surface area contributed by atoms with Gasteiger partial charge >= 0.3 is 6.03 Å². The average molecular weight is 413 g/mol. The van der Waals surface area contributed by atoms with E-state index in [9.17, 15) is 18.0 Å². The highest BCUT2D eigenvalue weighted by Gasteiger charge is 2.22. The standard InChI is InChI=1S/C11H8Cl3N5O4S/c12-4-2-1-3-5(6(4)13)16-11(21)17-10-7(20)8(24(15,22)23)9(14)18-19-10/h1-3H,(H,18,20)(H2,15,22,23)(H2,16,17,19,21). The summed E-state index contributed by atoms with van der Waals surface area (Å²) in [5, 5.41) is 14.5. The summed E-state index contributed by atoms with van der Waals surface area (Å²) >= 11 is 17.3. The van der Waals surface area contributed by atoms with Crippen LogP contribution in [0.3, 0.4) is 0 Å². The van der Waals surface area contributed by atoms with Crippen LogP contribution >= 0.6 is 34.8 Å². The van der Waals surface area contributed by atoms with Crippen molar-refractivity contribution in [2.45, 2.75) is 4.90 Å². The van der Waals surface area contributed by atoms with E-state index in [0.29, 0.717) is 0 Å². The van der Waals surface area contributed by atoms with Crippen LogP contribution in [0.4, 0.5) is 16.3 Å². The number of benzene rings is 1. The van der Waals surface area contributed by atoms with Gasteiger partial charge in [0.25, 0.3) is 0 Å². The molecule has 2 aromatic rings. The zero-order valence-electron chi connectivity index (χ0n) is 11.4. The van der Waals surface area contributed by atoms with Crippen LogP contribution < -0.4 is 21.2 Å². The molecule has 9 nitrogen and oxygen atoms in total. The van der Waals surface area contributed by atoms with Gasteiger partial charge in [0, 0.05) is 0 Å². The van der Waals surface area contributed by atoms with Gasteiger partial charge in [-0.1, -0.05) is 40.9 Å². The third-order valence-corrected chi connectivity index (χ3v) is 4.77. The number of carbonyl (C=O) groups excluding carboxylic acids is 1. The molecule has 5 N–H and O–H groups in total. The van der Waals surface area contributed by atoms with Gasteiger partial charge in [-0.3, -0.25) is 15.2 Å². The molecule has 0 radical (unpaired) electrons. The summed E-state index contributed by atoms with van der Waals surface area (Å²) in [5.41, 5.74) is -1.01. The monoisotopic (exact) mass is 411 g/mol. The second-order valence-corrected chi connectivity index (χ2v) is 6.93. The lowest BCUT2D eigenvalue weighted by atomic mass is 10.3. The van der Waals surface area contributed by atoms with Gasteiger partial charge in [-0.05, 0) is 12.1 Å². The lowest BCUT2D eigenvalue weighted by molar-refractivity contribution is 0.262. The minimum atomic E-state index is -4.42. The molecule has 13 heteroatoms. The number of halogens is 3. The lowest BCUT2D eigenvalue weighted by Gasteiger charge is -2.09. The highest BCUT2D eigenvalue weighted by molar-refractivity contribution is 7.89. The Morgan fingerprint density at radius 2 is 1.88 bits per heavy atom. The fourth-order valence-electron chi connectivity index (χ4n) is 1.61. The van der Waals surface area contributed by atoms with E-state index in [1.54, 1.807) is 0 Å². The molecule has 0 atom stereocenters. The fraction of sp³-hybridized carbons (Fsp3) is 0. The number of aromatic nitrogens is 2. The summed E-state index contributed by atoms with van der Waals surface area (Å²) in [6.45, 7) is 0. The Hall–Kier alpha value is -1.85. The van der Waals surface area contributed by atoms with E-state index < -0.39 is 37.3 Å². The van der Waals surface area contributed by atoms with E-state index >= 15 is 0 Å². The molecule has 1 aromatic carbocycles. The van der Waals surface area contributed by atoms with Crippen molar-refractivity contribution in [3.05, 3.63) is 43.6 Å². The number of amides is 2. The number of rotatable bonds is 3. The number of anilines is 2. The van der Waals surface area contributed by atoms with E-state index in [4.69, 9.17) is 39.9 Å². The van der Waals surface area contributed by atoms with Crippen molar-refractivity contribution in [3.63, 3.8) is 0 Å². The maximum atomic E-state index is 12.0. The van der Waals surface area contributed by atoms with E-state index in [2.05, 4.69) is 20.8 Å². The van der Waals surface area contributed by atoms with Gasteiger partial charge in [0.2, 0.25) is 21.3 Å². The maximum absolute atomic E-state index is 12.0. The number of carbonyl (C=O) groups is 1. The second kappa shape index (κ2) is 6.95. The van der Waals surface area contributed by atoms with Crippen molar-refractivity contribution in [2.24, 2.45) is 5.14 Å². The van der Waals surface area contributed by atoms with Crippen LogP contribution in [0.15, 0.2) is 27.9 Å². The molecule has 2 rings (SSSR count). The van der Waals surface area contributed by atoms with Crippen molar-refractivity contribution < 1.29 is 13.2 Å². The number of hydrogen-bond donors (Lipinski definition) is 4. The fourth-order valence-corrected chi connectivity index (χ4v) is 3.06. The minimum absolute atomic E-state index is 0.0810. The van der Waals surface area contributed by atoms with Gasteiger partial charge in [0.05, 0.1) is 15.7 Å². The van der Waals surface area contributed by atoms with Gasteiger partial charge in [-0.2, -0.15) is 5.10 Å². The van der Waals surface area contributed by atoms with E-state index in [1.165, 1.54) is 18.2 Å². The quantitative estimate of drug-likeness (QED) is 0.609. The van der Waals surface area contributed by atoms with E-state index in [1.807, 2.05) is 0 Å². The molecule has 1 aromatic heterocycles. The number of sulfonamides is 1. The summed E-state index contributed by atoms with van der Waals surface area (Å²) in [6, 6.07) is 3.59. The number of aromatic amines is 1. The summed E-state index contributed by atoms with van der Waals surface area (Å²) in [6.07, 6.45) is 0. The molecular formula is C11H8Cl3N5O4S. The first kappa shape index (κ1) is 18.5. The normalized spacial score (nSPS) is 11.2. The average Bonchev–Trinajstić information content (AvgIpc) is 2.45. The summed E-state index contributed by atoms with van der Waals surface area (Å²) < 4.78 is 22.7. The third-order valence-electron chi connectivity index (χ3n) is 2.60. The molecule has 0 aliphatic rings. The Bertz CT molecular complexity index is 976. The van der Waals surface area contributed by atoms with Gasteiger partial charge in [-0.15, -0.1) is 0 Å². The maximum Gasteiger partial charge on any atom is 0.325 e. The highest BCUT2D eigenvalue weighted by atomic mass is 35.5. The Labute approximate surface area is 150 Å². The first-order valence-electron chi connectivity index (χ1n) is 5.94. The molecule has 0 saturated carbocycles. The van der Waals surface area contributed by atoms with Crippen LogP contribution in [0.1, 0.15) is 0 Å².